The van der Waals surface area contributed by atoms with E-state index in [-0.39, 0.29) is 18.4 Å². The number of thiocarbonyl (C=S) groups is 1. The molecule has 0 saturated carbocycles. The molecule has 4 rings (SSSR count). The molecule has 8 heteroatoms. The Morgan fingerprint density at radius 1 is 1.20 bits per heavy atom. The summed E-state index contributed by atoms with van der Waals surface area (Å²) in [5.74, 6) is -0.495. The van der Waals surface area contributed by atoms with E-state index in [4.69, 9.17) is 23.8 Å². The Kier molecular flexibility index (Phi) is 6.22. The zero-order valence-electron chi connectivity index (χ0n) is 15.9. The fourth-order valence-corrected chi connectivity index (χ4v) is 4.60. The number of nitrogens with one attached hydrogen (secondary N) is 2. The van der Waals surface area contributed by atoms with Crippen LogP contribution in [-0.4, -0.2) is 39.1 Å². The molecule has 0 aliphatic carbocycles. The first-order valence-electron chi connectivity index (χ1n) is 9.34. The number of aromatic nitrogens is 1. The van der Waals surface area contributed by atoms with Crippen molar-refractivity contribution in [3.8, 4) is 0 Å². The predicted octanol–water partition coefficient (Wildman–Crippen LogP) is 4.38. The van der Waals surface area contributed by atoms with Crippen LogP contribution in [0.15, 0.2) is 59.6 Å². The second-order valence-electron chi connectivity index (χ2n) is 6.78. The minimum Gasteiger partial charge on any atom is -0.361 e. The Balaban J connectivity index is 1.33. The maximum atomic E-state index is 12.7. The van der Waals surface area contributed by atoms with Gasteiger partial charge in [0.15, 0.2) is 0 Å². The number of hydrogen-bond acceptors (Lipinski definition) is 4. The quantitative estimate of drug-likeness (QED) is 0.427. The number of nitrogens with zero attached hydrogens (tertiary/aromatic N) is 1. The molecule has 0 radical (unpaired) electrons. The molecule has 1 aliphatic rings. The molecule has 1 aliphatic heterocycles. The number of hydrogen-bond donors (Lipinski definition) is 2. The van der Waals surface area contributed by atoms with Crippen LogP contribution >= 0.6 is 35.6 Å². The number of fused-ring (bicyclic) bond motifs is 1. The summed E-state index contributed by atoms with van der Waals surface area (Å²) in [4.78, 5) is 30.1. The number of halogens is 1. The van der Waals surface area contributed by atoms with Crippen LogP contribution in [0.25, 0.3) is 17.0 Å². The smallest absolute Gasteiger partial charge is 0.266 e. The lowest BCUT2D eigenvalue weighted by Crippen LogP contribution is -2.40. The monoisotopic (exact) mass is 455 g/mol. The van der Waals surface area contributed by atoms with Crippen LogP contribution in [0.4, 0.5) is 0 Å². The van der Waals surface area contributed by atoms with Crippen molar-refractivity contribution in [3.05, 3.63) is 75.8 Å². The Morgan fingerprint density at radius 2 is 1.97 bits per heavy atom. The molecule has 30 heavy (non-hydrogen) atoms. The van der Waals surface area contributed by atoms with Crippen LogP contribution in [0.3, 0.4) is 0 Å². The Labute approximate surface area is 188 Å². The normalized spacial score (nSPS) is 15.4. The van der Waals surface area contributed by atoms with E-state index in [0.717, 1.165) is 22.0 Å². The van der Waals surface area contributed by atoms with Gasteiger partial charge in [-0.05, 0) is 41.8 Å². The summed E-state index contributed by atoms with van der Waals surface area (Å²) in [6.45, 7) is 0.395. The first-order valence-corrected chi connectivity index (χ1v) is 10.9. The molecule has 1 saturated heterocycles. The molecular formula is C22H18ClN3O2S2. The average Bonchev–Trinajstić information content (AvgIpc) is 3.26. The molecule has 152 valence electrons. The molecule has 1 fully saturated rings. The number of thioether (sulfide) groups is 1. The van der Waals surface area contributed by atoms with E-state index in [1.165, 1.54) is 16.7 Å². The lowest BCUT2D eigenvalue weighted by Gasteiger charge is -2.14. The fourth-order valence-electron chi connectivity index (χ4n) is 3.22. The van der Waals surface area contributed by atoms with Gasteiger partial charge in [-0.1, -0.05) is 65.9 Å². The zero-order chi connectivity index (χ0) is 21.1. The molecule has 1 aromatic heterocycles. The summed E-state index contributed by atoms with van der Waals surface area (Å²) in [5, 5.41) is 4.65. The highest BCUT2D eigenvalue weighted by molar-refractivity contribution is 8.26. The number of benzene rings is 2. The number of carbonyl (C=O) groups is 2. The maximum absolute atomic E-state index is 12.7. The van der Waals surface area contributed by atoms with Gasteiger partial charge in [-0.2, -0.15) is 0 Å². The molecule has 0 bridgehead atoms. The third kappa shape index (κ3) is 4.59. The van der Waals surface area contributed by atoms with Gasteiger partial charge in [-0.3, -0.25) is 14.5 Å². The number of aromatic amines is 1. The van der Waals surface area contributed by atoms with Gasteiger partial charge in [0.05, 0.1) is 4.91 Å². The summed E-state index contributed by atoms with van der Waals surface area (Å²) >= 11 is 12.4. The van der Waals surface area contributed by atoms with Gasteiger partial charge < -0.3 is 10.3 Å². The molecule has 2 amide bonds. The third-order valence-corrected chi connectivity index (χ3v) is 6.36. The summed E-state index contributed by atoms with van der Waals surface area (Å²) in [5.41, 5.74) is 3.06. The first-order chi connectivity index (χ1) is 14.5. The molecule has 5 nitrogen and oxygen atoms in total. The van der Waals surface area contributed by atoms with Crippen LogP contribution < -0.4 is 5.32 Å². The first kappa shape index (κ1) is 20.7. The molecule has 2 aromatic carbocycles. The van der Waals surface area contributed by atoms with Gasteiger partial charge in [0.1, 0.15) is 10.9 Å². The van der Waals surface area contributed by atoms with Crippen molar-refractivity contribution >= 4 is 68.7 Å². The van der Waals surface area contributed by atoms with Crippen LogP contribution in [-0.2, 0) is 16.0 Å². The maximum Gasteiger partial charge on any atom is 0.266 e. The molecule has 0 atom stereocenters. The minimum absolute atomic E-state index is 0.0868. The number of rotatable bonds is 6. The fraction of sp³-hybridized carbons (Fsp3) is 0.136. The topological polar surface area (TPSA) is 65.2 Å². The van der Waals surface area contributed by atoms with Crippen LogP contribution in [0.1, 0.15) is 11.1 Å². The largest absolute Gasteiger partial charge is 0.361 e. The van der Waals surface area contributed by atoms with Crippen molar-refractivity contribution in [2.75, 3.05) is 13.1 Å². The highest BCUT2D eigenvalue weighted by atomic mass is 35.5. The summed E-state index contributed by atoms with van der Waals surface area (Å²) in [7, 11) is 0. The van der Waals surface area contributed by atoms with Crippen LogP contribution in [0, 0.1) is 0 Å². The van der Waals surface area contributed by atoms with E-state index >= 15 is 0 Å². The Bertz CT molecular complexity index is 1150. The third-order valence-electron chi connectivity index (χ3n) is 4.73. The van der Waals surface area contributed by atoms with Gasteiger partial charge >= 0.3 is 0 Å². The number of carbonyl (C=O) groups excluding carboxylic acids is 2. The minimum atomic E-state index is -0.258. The van der Waals surface area contributed by atoms with Crippen molar-refractivity contribution in [2.45, 2.75) is 6.42 Å². The van der Waals surface area contributed by atoms with Crippen LogP contribution in [0.5, 0.6) is 0 Å². The number of amides is 2. The van der Waals surface area contributed by atoms with Crippen molar-refractivity contribution in [1.82, 2.24) is 15.2 Å². The van der Waals surface area contributed by atoms with Gasteiger partial charge in [0.2, 0.25) is 5.91 Å². The van der Waals surface area contributed by atoms with E-state index in [2.05, 4.69) is 16.4 Å². The van der Waals surface area contributed by atoms with Crippen molar-refractivity contribution in [3.63, 3.8) is 0 Å². The molecule has 0 spiro atoms. The number of H-pyrrole nitrogens is 1. The van der Waals surface area contributed by atoms with E-state index in [9.17, 15) is 9.59 Å². The SMILES string of the molecule is O=C(CN1C(=O)/C(=C/c2ccc(Cl)cc2)SC1=S)NCCc1c[nH]c2ccccc12. The molecule has 2 N–H and O–H groups in total. The lowest BCUT2D eigenvalue weighted by molar-refractivity contribution is -0.128. The molecule has 2 heterocycles. The second kappa shape index (κ2) is 9.04. The van der Waals surface area contributed by atoms with Gasteiger partial charge in [0, 0.05) is 28.7 Å². The lowest BCUT2D eigenvalue weighted by atomic mass is 10.1. The molecule has 0 unspecified atom stereocenters. The van der Waals surface area contributed by atoms with E-state index in [1.807, 2.05) is 36.5 Å². The zero-order valence-corrected chi connectivity index (χ0v) is 18.2. The Hall–Kier alpha value is -2.61. The Morgan fingerprint density at radius 3 is 2.77 bits per heavy atom. The summed E-state index contributed by atoms with van der Waals surface area (Å²) in [6.07, 6.45) is 4.41. The highest BCUT2D eigenvalue weighted by Crippen LogP contribution is 2.32. The standard InChI is InChI=1S/C22H18ClN3O2S2/c23-16-7-5-14(6-8-16)11-19-21(28)26(22(29)30-19)13-20(27)24-10-9-15-12-25-18-4-2-1-3-17(15)18/h1-8,11-12,25H,9-10,13H2,(H,24,27)/b19-11-. The highest BCUT2D eigenvalue weighted by Gasteiger charge is 2.33. The van der Waals surface area contributed by atoms with E-state index in [1.54, 1.807) is 18.2 Å². The van der Waals surface area contributed by atoms with Crippen molar-refractivity contribution in [1.29, 1.82) is 0 Å². The number of para-hydroxylation sites is 1. The molecular weight excluding hydrogens is 438 g/mol. The summed E-state index contributed by atoms with van der Waals surface area (Å²) in [6, 6.07) is 15.2. The van der Waals surface area contributed by atoms with Gasteiger partial charge in [-0.25, -0.2) is 0 Å². The summed E-state index contributed by atoms with van der Waals surface area (Å²) < 4.78 is 0.381. The van der Waals surface area contributed by atoms with E-state index in [0.29, 0.717) is 27.2 Å². The van der Waals surface area contributed by atoms with Crippen LogP contribution in [0.2, 0.25) is 5.02 Å². The van der Waals surface area contributed by atoms with E-state index < -0.39 is 0 Å². The molecule has 3 aromatic rings. The van der Waals surface area contributed by atoms with Crippen molar-refractivity contribution in [2.24, 2.45) is 0 Å². The average molecular weight is 456 g/mol. The van der Waals surface area contributed by atoms with Gasteiger partial charge in [0.25, 0.3) is 5.91 Å². The van der Waals surface area contributed by atoms with Crippen molar-refractivity contribution < 1.29 is 9.59 Å². The van der Waals surface area contributed by atoms with Gasteiger partial charge in [-0.15, -0.1) is 0 Å². The second-order valence-corrected chi connectivity index (χ2v) is 8.89. The predicted molar refractivity (Wildman–Crippen MR) is 126 cm³/mol.